The van der Waals surface area contributed by atoms with Crippen LogP contribution >= 0.6 is 0 Å². The zero-order valence-electron chi connectivity index (χ0n) is 20.9. The van der Waals surface area contributed by atoms with Crippen molar-refractivity contribution in [2.24, 2.45) is 28.6 Å². The van der Waals surface area contributed by atoms with Crippen molar-refractivity contribution in [2.75, 3.05) is 0 Å². The van der Waals surface area contributed by atoms with Crippen LogP contribution in [0, 0.1) is 28.6 Å². The molecular weight excluding hydrogens is 440 g/mol. The molecule has 1 aliphatic heterocycles. The largest absolute Gasteiger partial charge is 0.463 e. The smallest absolute Gasteiger partial charge is 0.304 e. The molecule has 8 atom stereocenters. The second-order valence-corrected chi connectivity index (χ2v) is 10.2. The molecule has 188 valence electrons. The lowest BCUT2D eigenvalue weighted by molar-refractivity contribution is -0.231. The van der Waals surface area contributed by atoms with Crippen molar-refractivity contribution < 1.29 is 38.1 Å². The molecule has 2 unspecified atom stereocenters. The molecule has 1 heterocycles. The maximum absolute atomic E-state index is 13.9. The average molecular weight is 477 g/mol. The normalized spacial score (nSPS) is 39.5. The summed E-state index contributed by atoms with van der Waals surface area (Å²) in [6.45, 7) is 13.8. The van der Waals surface area contributed by atoms with Crippen LogP contribution in [-0.2, 0) is 38.1 Å². The Bertz CT molecular complexity index is 906. The SMILES string of the molecule is C=C/C(C)=C\C[C@]1(C)[C@H]2C[C@@H](OC(C)=O)C[C@@H]3C(OC(C)=O)OC(OC(C)=O)[C@@]32C(=O)C[C@@H]1C. The monoisotopic (exact) mass is 476 g/mol. The van der Waals surface area contributed by atoms with Crippen LogP contribution in [0.15, 0.2) is 24.3 Å². The van der Waals surface area contributed by atoms with Crippen molar-refractivity contribution in [2.45, 2.75) is 85.9 Å². The highest BCUT2D eigenvalue weighted by molar-refractivity contribution is 5.88. The van der Waals surface area contributed by atoms with E-state index < -0.39 is 53.3 Å². The molecule has 2 saturated carbocycles. The first kappa shape index (κ1) is 26.1. The minimum Gasteiger partial charge on any atom is -0.463 e. The molecule has 0 bridgehead atoms. The summed E-state index contributed by atoms with van der Waals surface area (Å²) in [6.07, 6.45) is 2.72. The van der Waals surface area contributed by atoms with Crippen molar-refractivity contribution in [1.82, 2.24) is 0 Å². The topological polar surface area (TPSA) is 105 Å². The standard InChI is InChI=1S/C26H36O8/c1-8-14(2)9-10-25(7)15(3)11-22(30)26-20(12-19(13-21(25)26)31-16(4)27)23(32-17(5)28)34-24(26)33-18(6)29/h8-9,15,19-21,23-24H,1,10-13H2,2-7H3/b14-9-/t15-,19-,20+,21+,23?,24?,25-,26-/m0/s1. The number of rotatable bonds is 6. The lowest BCUT2D eigenvalue weighted by atomic mass is 9.43. The highest BCUT2D eigenvalue weighted by Crippen LogP contribution is 2.67. The third-order valence-electron chi connectivity index (χ3n) is 8.15. The quantitative estimate of drug-likeness (QED) is 0.323. The van der Waals surface area contributed by atoms with Crippen molar-refractivity contribution in [1.29, 1.82) is 0 Å². The van der Waals surface area contributed by atoms with E-state index in [-0.39, 0.29) is 30.5 Å². The Morgan fingerprint density at radius 2 is 1.68 bits per heavy atom. The predicted molar refractivity (Wildman–Crippen MR) is 122 cm³/mol. The summed E-state index contributed by atoms with van der Waals surface area (Å²) < 4.78 is 22.7. The minimum absolute atomic E-state index is 0.00646. The van der Waals surface area contributed by atoms with Gasteiger partial charge in [-0.3, -0.25) is 19.2 Å². The van der Waals surface area contributed by atoms with Gasteiger partial charge in [-0.2, -0.15) is 0 Å². The molecule has 1 spiro atoms. The maximum Gasteiger partial charge on any atom is 0.304 e. The van der Waals surface area contributed by atoms with Gasteiger partial charge in [0.1, 0.15) is 17.3 Å². The number of ether oxygens (including phenoxy) is 4. The summed E-state index contributed by atoms with van der Waals surface area (Å²) in [7, 11) is 0. The highest BCUT2D eigenvalue weighted by Gasteiger charge is 2.74. The van der Waals surface area contributed by atoms with Gasteiger partial charge in [-0.25, -0.2) is 0 Å². The van der Waals surface area contributed by atoms with Crippen LogP contribution in [0.25, 0.3) is 0 Å². The van der Waals surface area contributed by atoms with E-state index in [1.54, 1.807) is 6.08 Å². The lowest BCUT2D eigenvalue weighted by Crippen LogP contribution is -2.64. The van der Waals surface area contributed by atoms with Gasteiger partial charge in [-0.15, -0.1) is 0 Å². The van der Waals surface area contributed by atoms with E-state index in [4.69, 9.17) is 18.9 Å². The van der Waals surface area contributed by atoms with Gasteiger partial charge < -0.3 is 18.9 Å². The maximum atomic E-state index is 13.9. The van der Waals surface area contributed by atoms with Gasteiger partial charge in [-0.05, 0) is 43.4 Å². The summed E-state index contributed by atoms with van der Waals surface area (Å²) in [5.41, 5.74) is -0.609. The van der Waals surface area contributed by atoms with Gasteiger partial charge in [0.25, 0.3) is 0 Å². The van der Waals surface area contributed by atoms with Crippen molar-refractivity contribution in [3.8, 4) is 0 Å². The fraction of sp³-hybridized carbons (Fsp3) is 0.692. The van der Waals surface area contributed by atoms with E-state index >= 15 is 0 Å². The fourth-order valence-electron chi connectivity index (χ4n) is 6.36. The number of ketones is 1. The molecule has 3 aliphatic rings. The third-order valence-corrected chi connectivity index (χ3v) is 8.15. The van der Waals surface area contributed by atoms with E-state index in [0.29, 0.717) is 12.8 Å². The molecule has 3 rings (SSSR count). The average Bonchev–Trinajstić information content (AvgIpc) is 3.02. The highest BCUT2D eigenvalue weighted by atomic mass is 16.8. The van der Waals surface area contributed by atoms with Crippen molar-refractivity contribution in [3.05, 3.63) is 24.3 Å². The number of carbonyl (C=O) groups is 4. The summed E-state index contributed by atoms with van der Waals surface area (Å²) >= 11 is 0. The first-order valence-electron chi connectivity index (χ1n) is 11.9. The molecule has 0 radical (unpaired) electrons. The summed E-state index contributed by atoms with van der Waals surface area (Å²) in [4.78, 5) is 49.8. The Balaban J connectivity index is 2.19. The van der Waals surface area contributed by atoms with E-state index in [1.807, 2.05) is 13.8 Å². The van der Waals surface area contributed by atoms with Crippen molar-refractivity contribution >= 4 is 23.7 Å². The molecule has 0 aromatic carbocycles. The zero-order valence-corrected chi connectivity index (χ0v) is 20.9. The molecule has 0 N–H and O–H groups in total. The minimum atomic E-state index is -1.21. The Hall–Kier alpha value is -2.48. The molecular formula is C26H36O8. The zero-order chi connectivity index (χ0) is 25.4. The molecule has 8 heteroatoms. The van der Waals surface area contributed by atoms with E-state index in [0.717, 1.165) is 5.57 Å². The molecule has 1 saturated heterocycles. The van der Waals surface area contributed by atoms with Crippen LogP contribution in [0.3, 0.4) is 0 Å². The second-order valence-electron chi connectivity index (χ2n) is 10.2. The van der Waals surface area contributed by atoms with Crippen LogP contribution in [0.1, 0.15) is 67.2 Å². The van der Waals surface area contributed by atoms with E-state index in [2.05, 4.69) is 19.6 Å². The van der Waals surface area contributed by atoms with Gasteiger partial charge in [0, 0.05) is 33.1 Å². The van der Waals surface area contributed by atoms with Gasteiger partial charge in [-0.1, -0.05) is 38.2 Å². The third kappa shape index (κ3) is 4.44. The molecule has 34 heavy (non-hydrogen) atoms. The van der Waals surface area contributed by atoms with Gasteiger partial charge in [0.05, 0.1) is 0 Å². The number of hydrogen-bond acceptors (Lipinski definition) is 8. The molecule has 0 amide bonds. The second kappa shape index (κ2) is 9.64. The van der Waals surface area contributed by atoms with E-state index in [9.17, 15) is 19.2 Å². The first-order chi connectivity index (χ1) is 15.9. The molecule has 2 aliphatic carbocycles. The predicted octanol–water partition coefficient (Wildman–Crippen LogP) is 3.88. The molecule has 8 nitrogen and oxygen atoms in total. The number of carbonyl (C=O) groups excluding carboxylic acids is 4. The van der Waals surface area contributed by atoms with Crippen LogP contribution in [-0.4, -0.2) is 42.4 Å². The number of Topliss-reactive ketones (excluding diaryl/α,β-unsaturated/α-hetero) is 1. The van der Waals surface area contributed by atoms with Gasteiger partial charge >= 0.3 is 17.9 Å². The fourth-order valence-corrected chi connectivity index (χ4v) is 6.36. The lowest BCUT2D eigenvalue weighted by Gasteiger charge is -2.59. The van der Waals surface area contributed by atoms with Crippen molar-refractivity contribution in [3.63, 3.8) is 0 Å². The number of allylic oxidation sites excluding steroid dienone is 3. The molecule has 3 fully saturated rings. The Kier molecular flexibility index (Phi) is 7.41. The summed E-state index contributed by atoms with van der Waals surface area (Å²) in [5, 5.41) is 0. The molecule has 0 aromatic heterocycles. The van der Waals surface area contributed by atoms with Gasteiger partial charge in [0.15, 0.2) is 0 Å². The van der Waals surface area contributed by atoms with Crippen LogP contribution in [0.5, 0.6) is 0 Å². The first-order valence-corrected chi connectivity index (χ1v) is 11.9. The number of esters is 3. The van der Waals surface area contributed by atoms with E-state index in [1.165, 1.54) is 20.8 Å². The van der Waals surface area contributed by atoms with Crippen LogP contribution in [0.2, 0.25) is 0 Å². The van der Waals surface area contributed by atoms with Crippen LogP contribution in [0.4, 0.5) is 0 Å². The molecule has 0 aromatic rings. The Labute approximate surface area is 201 Å². The Morgan fingerprint density at radius 3 is 2.24 bits per heavy atom. The van der Waals surface area contributed by atoms with Gasteiger partial charge in [0.2, 0.25) is 12.6 Å². The van der Waals surface area contributed by atoms with Crippen LogP contribution < -0.4 is 0 Å². The number of hydrogen-bond donors (Lipinski definition) is 0. The summed E-state index contributed by atoms with van der Waals surface area (Å²) in [5.74, 6) is -2.61. The Morgan fingerprint density at radius 1 is 1.06 bits per heavy atom. The summed E-state index contributed by atoms with van der Waals surface area (Å²) in [6, 6.07) is 0.